The Labute approximate surface area is 194 Å². The van der Waals surface area contributed by atoms with E-state index in [2.05, 4.69) is 143 Å². The molecule has 31 heavy (non-hydrogen) atoms. The molecule has 0 aromatic heterocycles. The highest BCUT2D eigenvalue weighted by atomic mass is 79.9. The first kappa shape index (κ1) is 21.5. The molecule has 0 amide bonds. The monoisotopic (exact) mass is 469 g/mol. The SMILES string of the molecule is CCCN(Cc1ccc(Br)cc1)C(c1ccccc1)(c1ccccc1)c1ccccc1. The van der Waals surface area contributed by atoms with E-state index >= 15 is 0 Å². The molecular formula is C29H28BrN. The first-order valence-corrected chi connectivity index (χ1v) is 11.7. The summed E-state index contributed by atoms with van der Waals surface area (Å²) >= 11 is 3.58. The van der Waals surface area contributed by atoms with Crippen LogP contribution in [0.1, 0.15) is 35.6 Å². The third-order valence-electron chi connectivity index (χ3n) is 5.83. The lowest BCUT2D eigenvalue weighted by molar-refractivity contribution is 0.147. The van der Waals surface area contributed by atoms with Gasteiger partial charge in [-0.1, -0.05) is 126 Å². The summed E-state index contributed by atoms with van der Waals surface area (Å²) in [4.78, 5) is 2.64. The van der Waals surface area contributed by atoms with E-state index in [1.165, 1.54) is 22.3 Å². The normalized spacial score (nSPS) is 11.6. The van der Waals surface area contributed by atoms with Gasteiger partial charge in [0.25, 0.3) is 0 Å². The van der Waals surface area contributed by atoms with Crippen molar-refractivity contribution in [2.24, 2.45) is 0 Å². The summed E-state index contributed by atoms with van der Waals surface area (Å²) in [6, 6.07) is 41.5. The minimum atomic E-state index is -0.382. The number of hydrogen-bond donors (Lipinski definition) is 0. The molecule has 0 aliphatic rings. The van der Waals surface area contributed by atoms with Gasteiger partial charge in [-0.15, -0.1) is 0 Å². The predicted octanol–water partition coefficient (Wildman–Crippen LogP) is 7.65. The third kappa shape index (κ3) is 4.51. The van der Waals surface area contributed by atoms with Crippen LogP contribution >= 0.6 is 15.9 Å². The van der Waals surface area contributed by atoms with Crippen molar-refractivity contribution in [1.29, 1.82) is 0 Å². The van der Waals surface area contributed by atoms with Crippen LogP contribution in [0, 0.1) is 0 Å². The van der Waals surface area contributed by atoms with Crippen molar-refractivity contribution in [1.82, 2.24) is 4.90 Å². The lowest BCUT2D eigenvalue weighted by atomic mass is 9.75. The standard InChI is InChI=1S/C29H28BrN/c1-2-22-31(23-24-18-20-28(30)21-19-24)29(25-12-6-3-7-13-25,26-14-8-4-9-15-26)27-16-10-5-11-17-27/h3-21H,2,22-23H2,1H3. The van der Waals surface area contributed by atoms with Gasteiger partial charge in [0.2, 0.25) is 0 Å². The molecule has 0 radical (unpaired) electrons. The summed E-state index contributed by atoms with van der Waals surface area (Å²) in [7, 11) is 0. The molecule has 0 bridgehead atoms. The third-order valence-corrected chi connectivity index (χ3v) is 6.36. The molecule has 4 aromatic carbocycles. The lowest BCUT2D eigenvalue weighted by Crippen LogP contribution is -2.48. The molecule has 0 saturated carbocycles. The van der Waals surface area contributed by atoms with Crippen molar-refractivity contribution in [3.63, 3.8) is 0 Å². The Kier molecular flexibility index (Phi) is 7.01. The highest BCUT2D eigenvalue weighted by Gasteiger charge is 2.41. The molecule has 0 unspecified atom stereocenters. The number of nitrogens with zero attached hydrogens (tertiary/aromatic N) is 1. The van der Waals surface area contributed by atoms with E-state index < -0.39 is 0 Å². The van der Waals surface area contributed by atoms with Crippen LogP contribution in [0.5, 0.6) is 0 Å². The van der Waals surface area contributed by atoms with Gasteiger partial charge in [0.05, 0.1) is 5.54 Å². The molecular weight excluding hydrogens is 442 g/mol. The van der Waals surface area contributed by atoms with Crippen molar-refractivity contribution < 1.29 is 0 Å². The second kappa shape index (κ2) is 10.1. The first-order chi connectivity index (χ1) is 15.2. The fourth-order valence-electron chi connectivity index (χ4n) is 4.53. The Morgan fingerprint density at radius 3 is 1.42 bits per heavy atom. The maximum Gasteiger partial charge on any atom is 0.0975 e. The van der Waals surface area contributed by atoms with Crippen molar-refractivity contribution in [2.75, 3.05) is 6.54 Å². The van der Waals surface area contributed by atoms with Crippen LogP contribution in [0.15, 0.2) is 120 Å². The average molecular weight is 470 g/mol. The molecule has 1 nitrogen and oxygen atoms in total. The van der Waals surface area contributed by atoms with E-state index in [1.807, 2.05) is 0 Å². The Morgan fingerprint density at radius 2 is 1.03 bits per heavy atom. The molecule has 0 aliphatic heterocycles. The molecule has 156 valence electrons. The van der Waals surface area contributed by atoms with Crippen molar-refractivity contribution in [3.8, 4) is 0 Å². The number of halogens is 1. The summed E-state index contributed by atoms with van der Waals surface area (Å²) in [6.07, 6.45) is 1.07. The van der Waals surface area contributed by atoms with Gasteiger partial charge in [-0.2, -0.15) is 0 Å². The van der Waals surface area contributed by atoms with E-state index in [4.69, 9.17) is 0 Å². The average Bonchev–Trinajstić information content (AvgIpc) is 2.83. The smallest absolute Gasteiger partial charge is 0.0975 e. The molecule has 4 aromatic rings. The minimum absolute atomic E-state index is 0.382. The minimum Gasteiger partial charge on any atom is -0.282 e. The van der Waals surface area contributed by atoms with Crippen LogP contribution in [0.2, 0.25) is 0 Å². The first-order valence-electron chi connectivity index (χ1n) is 10.9. The highest BCUT2D eigenvalue weighted by Crippen LogP contribution is 2.43. The zero-order chi connectivity index (χ0) is 21.5. The second-order valence-corrected chi connectivity index (χ2v) is 8.77. The van der Waals surface area contributed by atoms with Crippen LogP contribution in [0.3, 0.4) is 0 Å². The van der Waals surface area contributed by atoms with Gasteiger partial charge in [-0.3, -0.25) is 4.90 Å². The number of hydrogen-bond acceptors (Lipinski definition) is 1. The predicted molar refractivity (Wildman–Crippen MR) is 134 cm³/mol. The van der Waals surface area contributed by atoms with Crippen molar-refractivity contribution >= 4 is 15.9 Å². The van der Waals surface area contributed by atoms with Gasteiger partial charge < -0.3 is 0 Å². The van der Waals surface area contributed by atoms with E-state index in [1.54, 1.807) is 0 Å². The van der Waals surface area contributed by atoms with Crippen LogP contribution in [0.25, 0.3) is 0 Å². The molecule has 0 N–H and O–H groups in total. The van der Waals surface area contributed by atoms with Gasteiger partial charge in [-0.25, -0.2) is 0 Å². The molecule has 0 heterocycles. The summed E-state index contributed by atoms with van der Waals surface area (Å²) in [6.45, 7) is 4.11. The van der Waals surface area contributed by atoms with Gasteiger partial charge in [-0.05, 0) is 47.4 Å². The fraction of sp³-hybridized carbons (Fsp3) is 0.172. The Morgan fingerprint density at radius 1 is 0.613 bits per heavy atom. The summed E-state index contributed by atoms with van der Waals surface area (Å²) in [5.74, 6) is 0. The van der Waals surface area contributed by atoms with Gasteiger partial charge in [0.1, 0.15) is 0 Å². The maximum atomic E-state index is 3.58. The largest absolute Gasteiger partial charge is 0.282 e. The fourth-order valence-corrected chi connectivity index (χ4v) is 4.80. The highest BCUT2D eigenvalue weighted by molar-refractivity contribution is 9.10. The maximum absolute atomic E-state index is 3.58. The van der Waals surface area contributed by atoms with Crippen LogP contribution in [-0.4, -0.2) is 11.4 Å². The van der Waals surface area contributed by atoms with Crippen LogP contribution in [0.4, 0.5) is 0 Å². The summed E-state index contributed by atoms with van der Waals surface area (Å²) in [5, 5.41) is 0. The second-order valence-electron chi connectivity index (χ2n) is 7.86. The van der Waals surface area contributed by atoms with Gasteiger partial charge in [0.15, 0.2) is 0 Å². The Bertz CT molecular complexity index is 963. The zero-order valence-electron chi connectivity index (χ0n) is 17.9. The summed E-state index contributed by atoms with van der Waals surface area (Å²) < 4.78 is 1.11. The van der Waals surface area contributed by atoms with E-state index in [0.29, 0.717) is 0 Å². The number of benzene rings is 4. The molecule has 4 rings (SSSR count). The number of rotatable bonds is 8. The topological polar surface area (TPSA) is 3.24 Å². The molecule has 0 saturated heterocycles. The Balaban J connectivity index is 1.98. The molecule has 2 heteroatoms. The van der Waals surface area contributed by atoms with E-state index in [9.17, 15) is 0 Å². The molecule has 0 aliphatic carbocycles. The quantitative estimate of drug-likeness (QED) is 0.239. The summed E-state index contributed by atoms with van der Waals surface area (Å²) in [5.41, 5.74) is 4.80. The van der Waals surface area contributed by atoms with Gasteiger partial charge in [0, 0.05) is 11.0 Å². The van der Waals surface area contributed by atoms with Crippen LogP contribution < -0.4 is 0 Å². The van der Waals surface area contributed by atoms with E-state index in [0.717, 1.165) is 24.0 Å². The zero-order valence-corrected chi connectivity index (χ0v) is 19.5. The lowest BCUT2D eigenvalue weighted by Gasteiger charge is -2.46. The molecule has 0 atom stereocenters. The van der Waals surface area contributed by atoms with Crippen molar-refractivity contribution in [3.05, 3.63) is 142 Å². The Hall–Kier alpha value is -2.68. The van der Waals surface area contributed by atoms with Crippen LogP contribution in [-0.2, 0) is 12.1 Å². The van der Waals surface area contributed by atoms with E-state index in [-0.39, 0.29) is 5.54 Å². The van der Waals surface area contributed by atoms with Crippen molar-refractivity contribution in [2.45, 2.75) is 25.4 Å². The van der Waals surface area contributed by atoms with Gasteiger partial charge >= 0.3 is 0 Å². The molecule has 0 spiro atoms. The molecule has 0 fully saturated rings.